The van der Waals surface area contributed by atoms with E-state index < -0.39 is 0 Å². The minimum absolute atomic E-state index is 0.186. The third-order valence-electron chi connectivity index (χ3n) is 3.54. The Kier molecular flexibility index (Phi) is 3.78. The highest BCUT2D eigenvalue weighted by Crippen LogP contribution is 2.39. The van der Waals surface area contributed by atoms with Crippen molar-refractivity contribution >= 4 is 17.8 Å². The van der Waals surface area contributed by atoms with Crippen molar-refractivity contribution in [3.8, 4) is 11.5 Å². The molecule has 5 nitrogen and oxygen atoms in total. The predicted octanol–water partition coefficient (Wildman–Crippen LogP) is 3.77. The number of Topliss-reactive ketones (excluding diaryl/α,β-unsaturated/α-hetero) is 1. The van der Waals surface area contributed by atoms with Gasteiger partial charge in [-0.25, -0.2) is 0 Å². The molecule has 1 aliphatic heterocycles. The van der Waals surface area contributed by atoms with E-state index in [1.54, 1.807) is 51.1 Å². The average molecular weight is 312 g/mol. The van der Waals surface area contributed by atoms with E-state index in [0.29, 0.717) is 28.4 Å². The summed E-state index contributed by atoms with van der Waals surface area (Å²) >= 11 is 0. The van der Waals surface area contributed by atoms with Crippen molar-refractivity contribution in [2.75, 3.05) is 0 Å². The monoisotopic (exact) mass is 312 g/mol. The summed E-state index contributed by atoms with van der Waals surface area (Å²) in [6.45, 7) is 5.27. The molecule has 0 unspecified atom stereocenters. The molecule has 2 heterocycles. The van der Waals surface area contributed by atoms with E-state index in [9.17, 15) is 9.59 Å². The van der Waals surface area contributed by atoms with Crippen LogP contribution in [-0.2, 0) is 4.79 Å². The Morgan fingerprint density at radius 2 is 2.04 bits per heavy atom. The third kappa shape index (κ3) is 2.77. The highest BCUT2D eigenvalue weighted by molar-refractivity contribution is 6.14. The van der Waals surface area contributed by atoms with Crippen LogP contribution in [0.5, 0.6) is 11.5 Å². The topological polar surface area (TPSA) is 65.7 Å². The Morgan fingerprint density at radius 1 is 1.26 bits per heavy atom. The number of rotatable bonds is 3. The van der Waals surface area contributed by atoms with Crippen molar-refractivity contribution in [1.29, 1.82) is 0 Å². The number of ketones is 1. The average Bonchev–Trinajstić information content (AvgIpc) is 3.12. The molecule has 2 aromatic rings. The first-order chi connectivity index (χ1) is 11.0. The SMILES string of the molecule is Cc1c(OC(=O)C(C)C)ccc2c1O/C(=C\c1ccco1)C2=O. The first-order valence-electron chi connectivity index (χ1n) is 7.30. The van der Waals surface area contributed by atoms with E-state index in [0.717, 1.165) is 0 Å². The molecule has 0 aliphatic carbocycles. The normalized spacial score (nSPS) is 15.0. The smallest absolute Gasteiger partial charge is 0.313 e. The van der Waals surface area contributed by atoms with Gasteiger partial charge in [-0.1, -0.05) is 13.8 Å². The number of allylic oxidation sites excluding steroid dienone is 1. The maximum atomic E-state index is 12.4. The molecule has 0 saturated carbocycles. The lowest BCUT2D eigenvalue weighted by molar-refractivity contribution is -0.137. The fourth-order valence-corrected chi connectivity index (χ4v) is 2.21. The summed E-state index contributed by atoms with van der Waals surface area (Å²) < 4.78 is 16.2. The molecule has 0 spiro atoms. The minimum atomic E-state index is -0.330. The van der Waals surface area contributed by atoms with Crippen LogP contribution in [0, 0.1) is 12.8 Å². The molecule has 0 bridgehead atoms. The molecule has 23 heavy (non-hydrogen) atoms. The Bertz CT molecular complexity index is 797. The van der Waals surface area contributed by atoms with Crippen LogP contribution in [0.1, 0.15) is 35.5 Å². The number of ether oxygens (including phenoxy) is 2. The van der Waals surface area contributed by atoms with Crippen LogP contribution in [0.3, 0.4) is 0 Å². The van der Waals surface area contributed by atoms with E-state index in [1.807, 2.05) is 0 Å². The number of hydrogen-bond donors (Lipinski definition) is 0. The van der Waals surface area contributed by atoms with Gasteiger partial charge in [0.15, 0.2) is 5.76 Å². The van der Waals surface area contributed by atoms with Gasteiger partial charge in [-0.05, 0) is 31.2 Å². The van der Waals surface area contributed by atoms with Crippen molar-refractivity contribution in [2.24, 2.45) is 5.92 Å². The van der Waals surface area contributed by atoms with E-state index in [-0.39, 0.29) is 23.4 Å². The van der Waals surface area contributed by atoms with Crippen LogP contribution in [0.15, 0.2) is 40.7 Å². The molecule has 1 aromatic heterocycles. The lowest BCUT2D eigenvalue weighted by Gasteiger charge is -2.11. The predicted molar refractivity (Wildman–Crippen MR) is 83.3 cm³/mol. The van der Waals surface area contributed by atoms with Crippen LogP contribution in [0.2, 0.25) is 0 Å². The second kappa shape index (κ2) is 5.76. The molecule has 0 amide bonds. The van der Waals surface area contributed by atoms with Crippen LogP contribution < -0.4 is 9.47 Å². The van der Waals surface area contributed by atoms with Crippen LogP contribution in [0.4, 0.5) is 0 Å². The lowest BCUT2D eigenvalue weighted by Crippen LogP contribution is -2.15. The quantitative estimate of drug-likeness (QED) is 0.490. The summed E-state index contributed by atoms with van der Waals surface area (Å²) in [5.41, 5.74) is 1.07. The zero-order chi connectivity index (χ0) is 16.6. The fourth-order valence-electron chi connectivity index (χ4n) is 2.21. The maximum Gasteiger partial charge on any atom is 0.313 e. The van der Waals surface area contributed by atoms with E-state index in [4.69, 9.17) is 13.9 Å². The standard InChI is InChI=1S/C18H16O5/c1-10(2)18(20)23-14-7-6-13-16(19)15(22-17(13)11(14)3)9-12-5-4-8-21-12/h4-10H,1-3H3/b15-9-. The van der Waals surface area contributed by atoms with Crippen molar-refractivity contribution in [3.05, 3.63) is 53.2 Å². The van der Waals surface area contributed by atoms with Gasteiger partial charge in [-0.3, -0.25) is 9.59 Å². The molecule has 0 atom stereocenters. The summed E-state index contributed by atoms with van der Waals surface area (Å²) in [4.78, 5) is 24.1. The van der Waals surface area contributed by atoms with Gasteiger partial charge < -0.3 is 13.9 Å². The number of hydrogen-bond acceptors (Lipinski definition) is 5. The van der Waals surface area contributed by atoms with Crippen LogP contribution >= 0.6 is 0 Å². The molecule has 3 rings (SSSR count). The van der Waals surface area contributed by atoms with Gasteiger partial charge in [0.2, 0.25) is 5.78 Å². The van der Waals surface area contributed by atoms with E-state index in [1.165, 1.54) is 6.26 Å². The van der Waals surface area contributed by atoms with Crippen molar-refractivity contribution < 1.29 is 23.5 Å². The van der Waals surface area contributed by atoms with Crippen LogP contribution in [0.25, 0.3) is 6.08 Å². The number of furan rings is 1. The largest absolute Gasteiger partial charge is 0.465 e. The second-order valence-electron chi connectivity index (χ2n) is 5.60. The van der Waals surface area contributed by atoms with Gasteiger partial charge in [-0.2, -0.15) is 0 Å². The third-order valence-corrected chi connectivity index (χ3v) is 3.54. The van der Waals surface area contributed by atoms with Gasteiger partial charge in [0.05, 0.1) is 17.7 Å². The van der Waals surface area contributed by atoms with Gasteiger partial charge in [0.25, 0.3) is 0 Å². The zero-order valence-electron chi connectivity index (χ0n) is 13.1. The second-order valence-corrected chi connectivity index (χ2v) is 5.60. The summed E-state index contributed by atoms with van der Waals surface area (Å²) in [6, 6.07) is 6.69. The molecule has 0 N–H and O–H groups in total. The first kappa shape index (κ1) is 15.1. The molecule has 5 heteroatoms. The number of carbonyl (C=O) groups is 2. The highest BCUT2D eigenvalue weighted by atomic mass is 16.5. The van der Waals surface area contributed by atoms with Gasteiger partial charge >= 0.3 is 5.97 Å². The molecule has 0 saturated heterocycles. The maximum absolute atomic E-state index is 12.4. The first-order valence-corrected chi connectivity index (χ1v) is 7.30. The van der Waals surface area contributed by atoms with E-state index >= 15 is 0 Å². The molecule has 0 radical (unpaired) electrons. The Morgan fingerprint density at radius 3 is 2.70 bits per heavy atom. The fraction of sp³-hybridized carbons (Fsp3) is 0.222. The van der Waals surface area contributed by atoms with Crippen molar-refractivity contribution in [3.63, 3.8) is 0 Å². The summed E-state index contributed by atoms with van der Waals surface area (Å²) in [5, 5.41) is 0. The molecule has 1 aromatic carbocycles. The molecular weight excluding hydrogens is 296 g/mol. The molecular formula is C18H16O5. The van der Waals surface area contributed by atoms with Gasteiger partial charge in [0.1, 0.15) is 17.3 Å². The summed E-state index contributed by atoms with van der Waals surface area (Å²) in [7, 11) is 0. The number of benzene rings is 1. The Labute approximate surface area is 133 Å². The molecule has 1 aliphatic rings. The van der Waals surface area contributed by atoms with Crippen molar-refractivity contribution in [1.82, 2.24) is 0 Å². The summed E-state index contributed by atoms with van der Waals surface area (Å²) in [5.74, 6) is 0.747. The number of fused-ring (bicyclic) bond motifs is 1. The van der Waals surface area contributed by atoms with Gasteiger partial charge in [0, 0.05) is 11.6 Å². The zero-order valence-corrected chi connectivity index (χ0v) is 13.1. The highest BCUT2D eigenvalue weighted by Gasteiger charge is 2.30. The van der Waals surface area contributed by atoms with E-state index in [2.05, 4.69) is 0 Å². The van der Waals surface area contributed by atoms with Gasteiger partial charge in [-0.15, -0.1) is 0 Å². The van der Waals surface area contributed by atoms with Crippen LogP contribution in [-0.4, -0.2) is 11.8 Å². The van der Waals surface area contributed by atoms with Crippen molar-refractivity contribution in [2.45, 2.75) is 20.8 Å². The molecule has 118 valence electrons. The minimum Gasteiger partial charge on any atom is -0.465 e. The number of esters is 1. The molecule has 0 fully saturated rings. The Balaban J connectivity index is 1.93. The summed E-state index contributed by atoms with van der Waals surface area (Å²) in [6.07, 6.45) is 3.06. The lowest BCUT2D eigenvalue weighted by atomic mass is 10.1. The Hall–Kier alpha value is -2.82. The number of carbonyl (C=O) groups excluding carboxylic acids is 2.